The number of sulfone groups is 1. The summed E-state index contributed by atoms with van der Waals surface area (Å²) in [4.78, 5) is 15.1. The van der Waals surface area contributed by atoms with Gasteiger partial charge in [0.15, 0.2) is 14.6 Å². The van der Waals surface area contributed by atoms with E-state index in [-0.39, 0.29) is 24.3 Å². The first-order valence-electron chi connectivity index (χ1n) is 9.12. The van der Waals surface area contributed by atoms with E-state index < -0.39 is 20.6 Å². The third kappa shape index (κ3) is 3.74. The van der Waals surface area contributed by atoms with Gasteiger partial charge in [-0.3, -0.25) is 4.79 Å². The van der Waals surface area contributed by atoms with Gasteiger partial charge in [-0.2, -0.15) is 0 Å². The zero-order valence-electron chi connectivity index (χ0n) is 16.0. The minimum atomic E-state index is -3.88. The molecule has 1 fully saturated rings. The molecule has 1 aromatic carbocycles. The summed E-state index contributed by atoms with van der Waals surface area (Å²) < 4.78 is 35.6. The smallest absolute Gasteiger partial charge is 0.327 e. The summed E-state index contributed by atoms with van der Waals surface area (Å²) in [5.41, 5.74) is 0. The van der Waals surface area contributed by atoms with Crippen LogP contribution in [0.25, 0.3) is 0 Å². The molecule has 7 heteroatoms. The number of rotatable bonds is 7. The summed E-state index contributed by atoms with van der Waals surface area (Å²) in [6.45, 7) is 7.20. The van der Waals surface area contributed by atoms with Gasteiger partial charge in [-0.15, -0.1) is 0 Å². The minimum Gasteiger partial charge on any atom is -0.497 e. The van der Waals surface area contributed by atoms with Crippen LogP contribution in [0.4, 0.5) is 0 Å². The lowest BCUT2D eigenvalue weighted by atomic mass is 9.94. The molecule has 1 atom stereocenters. The van der Waals surface area contributed by atoms with E-state index in [1.807, 2.05) is 0 Å². The highest BCUT2D eigenvalue weighted by Crippen LogP contribution is 2.38. The van der Waals surface area contributed by atoms with E-state index in [1.165, 1.54) is 19.2 Å². The van der Waals surface area contributed by atoms with Crippen molar-refractivity contribution < 1.29 is 22.7 Å². The van der Waals surface area contributed by atoms with E-state index >= 15 is 0 Å². The standard InChI is InChI=1S/C19H29NO5S/c1-5-15(3)20-13-11-19(12-14-20,18(21)25-6-2)26(22,23)17-9-7-16(24-4)8-10-17/h7-10,15H,5-6,11-14H2,1-4H3. The van der Waals surface area contributed by atoms with Gasteiger partial charge >= 0.3 is 5.97 Å². The summed E-state index contributed by atoms with van der Waals surface area (Å²) in [5, 5.41) is 0. The van der Waals surface area contributed by atoms with Crippen LogP contribution in [0.2, 0.25) is 0 Å². The molecule has 1 saturated heterocycles. The Morgan fingerprint density at radius 3 is 2.23 bits per heavy atom. The average Bonchev–Trinajstić information content (AvgIpc) is 2.67. The van der Waals surface area contributed by atoms with Crippen LogP contribution in [0.3, 0.4) is 0 Å². The van der Waals surface area contributed by atoms with Crippen LogP contribution in [0, 0.1) is 0 Å². The zero-order chi connectivity index (χ0) is 19.4. The molecular weight excluding hydrogens is 354 g/mol. The maximum absolute atomic E-state index is 13.4. The second-order valence-electron chi connectivity index (χ2n) is 6.69. The minimum absolute atomic E-state index is 0.128. The lowest BCUT2D eigenvalue weighted by Gasteiger charge is -2.41. The highest BCUT2D eigenvalue weighted by atomic mass is 32.2. The molecule has 1 unspecified atom stereocenters. The predicted octanol–water partition coefficient (Wildman–Crippen LogP) is 2.67. The van der Waals surface area contributed by atoms with E-state index in [9.17, 15) is 13.2 Å². The monoisotopic (exact) mass is 383 g/mol. The lowest BCUT2D eigenvalue weighted by Crippen LogP contribution is -2.56. The summed E-state index contributed by atoms with van der Waals surface area (Å²) in [5.74, 6) is -0.0691. The van der Waals surface area contributed by atoms with Crippen LogP contribution >= 0.6 is 0 Å². The van der Waals surface area contributed by atoms with Crippen molar-refractivity contribution >= 4 is 15.8 Å². The number of hydrogen-bond donors (Lipinski definition) is 0. The Bertz CT molecular complexity index is 706. The molecule has 2 rings (SSSR count). The topological polar surface area (TPSA) is 72.9 Å². The second-order valence-corrected chi connectivity index (χ2v) is 8.95. The number of hydrogen-bond acceptors (Lipinski definition) is 6. The summed E-state index contributed by atoms with van der Waals surface area (Å²) in [6.07, 6.45) is 1.46. The molecule has 0 amide bonds. The second kappa shape index (κ2) is 8.39. The van der Waals surface area contributed by atoms with E-state index in [2.05, 4.69) is 18.7 Å². The number of carbonyl (C=O) groups excluding carboxylic acids is 1. The van der Waals surface area contributed by atoms with Gasteiger partial charge in [-0.05, 0) is 57.4 Å². The number of nitrogens with zero attached hydrogens (tertiary/aromatic N) is 1. The largest absolute Gasteiger partial charge is 0.497 e. The SMILES string of the molecule is CCOC(=O)C1(S(=O)(=O)c2ccc(OC)cc2)CCN(C(C)CC)CC1. The molecule has 1 aliphatic rings. The van der Waals surface area contributed by atoms with Crippen molar-refractivity contribution in [2.75, 3.05) is 26.8 Å². The molecule has 0 N–H and O–H groups in total. The number of benzene rings is 1. The van der Waals surface area contributed by atoms with Crippen molar-refractivity contribution in [2.45, 2.75) is 55.7 Å². The van der Waals surface area contributed by atoms with Crippen molar-refractivity contribution in [1.29, 1.82) is 0 Å². The molecular formula is C19H29NO5S. The van der Waals surface area contributed by atoms with Gasteiger partial charge in [0.2, 0.25) is 0 Å². The Kier molecular flexibility index (Phi) is 6.69. The molecule has 0 aromatic heterocycles. The highest BCUT2D eigenvalue weighted by Gasteiger charge is 2.54. The van der Waals surface area contributed by atoms with Crippen LogP contribution in [0.5, 0.6) is 5.75 Å². The molecule has 6 nitrogen and oxygen atoms in total. The van der Waals surface area contributed by atoms with Crippen LogP contribution in [0.15, 0.2) is 29.2 Å². The maximum Gasteiger partial charge on any atom is 0.327 e. The molecule has 1 aliphatic heterocycles. The Morgan fingerprint density at radius 1 is 1.19 bits per heavy atom. The number of methoxy groups -OCH3 is 1. The highest BCUT2D eigenvalue weighted by molar-refractivity contribution is 7.93. The van der Waals surface area contributed by atoms with Gasteiger partial charge in [0, 0.05) is 19.1 Å². The molecule has 0 bridgehead atoms. The zero-order valence-corrected chi connectivity index (χ0v) is 16.8. The van der Waals surface area contributed by atoms with Gasteiger partial charge in [-0.25, -0.2) is 8.42 Å². The average molecular weight is 384 g/mol. The van der Waals surface area contributed by atoms with E-state index in [0.717, 1.165) is 6.42 Å². The van der Waals surface area contributed by atoms with Gasteiger partial charge in [0.25, 0.3) is 0 Å². The predicted molar refractivity (Wildman–Crippen MR) is 100 cm³/mol. The molecule has 0 aliphatic carbocycles. The van der Waals surface area contributed by atoms with E-state index in [0.29, 0.717) is 24.9 Å². The van der Waals surface area contributed by atoms with E-state index in [4.69, 9.17) is 9.47 Å². The number of esters is 1. The number of piperidine rings is 1. The molecule has 0 radical (unpaired) electrons. The maximum atomic E-state index is 13.4. The summed E-state index contributed by atoms with van der Waals surface area (Å²) in [7, 11) is -2.36. The van der Waals surface area contributed by atoms with Crippen LogP contribution in [0.1, 0.15) is 40.0 Å². The number of likely N-dealkylation sites (tertiary alicyclic amines) is 1. The number of carbonyl (C=O) groups is 1. The van der Waals surface area contributed by atoms with E-state index in [1.54, 1.807) is 19.1 Å². The van der Waals surface area contributed by atoms with Crippen LogP contribution in [-0.4, -0.2) is 56.9 Å². The quantitative estimate of drug-likeness (QED) is 0.674. The fourth-order valence-corrected chi connectivity index (χ4v) is 5.35. The lowest BCUT2D eigenvalue weighted by molar-refractivity contribution is -0.147. The summed E-state index contributed by atoms with van der Waals surface area (Å²) in [6, 6.07) is 6.55. The molecule has 26 heavy (non-hydrogen) atoms. The Balaban J connectivity index is 2.39. The van der Waals surface area contributed by atoms with Gasteiger partial charge in [0.05, 0.1) is 18.6 Å². The molecule has 0 spiro atoms. The third-order valence-corrected chi connectivity index (χ3v) is 7.85. The Hall–Kier alpha value is -1.60. The fraction of sp³-hybridized carbons (Fsp3) is 0.632. The fourth-order valence-electron chi connectivity index (χ4n) is 3.41. The van der Waals surface area contributed by atoms with Crippen molar-refractivity contribution in [1.82, 2.24) is 4.90 Å². The van der Waals surface area contributed by atoms with Crippen LogP contribution < -0.4 is 4.74 Å². The van der Waals surface area contributed by atoms with Crippen molar-refractivity contribution in [3.05, 3.63) is 24.3 Å². The molecule has 0 saturated carbocycles. The van der Waals surface area contributed by atoms with Gasteiger partial charge in [0.1, 0.15) is 5.75 Å². The molecule has 1 heterocycles. The van der Waals surface area contributed by atoms with Gasteiger partial charge in [-0.1, -0.05) is 6.92 Å². The molecule has 1 aromatic rings. The van der Waals surface area contributed by atoms with Gasteiger partial charge < -0.3 is 14.4 Å². The number of ether oxygens (including phenoxy) is 2. The molecule has 146 valence electrons. The van der Waals surface area contributed by atoms with Crippen molar-refractivity contribution in [2.24, 2.45) is 0 Å². The van der Waals surface area contributed by atoms with Crippen molar-refractivity contribution in [3.8, 4) is 5.75 Å². The van der Waals surface area contributed by atoms with Crippen LogP contribution in [-0.2, 0) is 19.4 Å². The first-order valence-corrected chi connectivity index (χ1v) is 10.6. The Morgan fingerprint density at radius 2 is 1.77 bits per heavy atom. The summed E-state index contributed by atoms with van der Waals surface area (Å²) >= 11 is 0. The first kappa shape index (κ1) is 20.7. The first-order chi connectivity index (χ1) is 12.3. The Labute approximate surface area is 156 Å². The normalized spacial score (nSPS) is 18.9. The van der Waals surface area contributed by atoms with Crippen molar-refractivity contribution in [3.63, 3.8) is 0 Å². The third-order valence-electron chi connectivity index (χ3n) is 5.35.